The molecule has 3 aromatic heterocycles. The van der Waals surface area contributed by atoms with Crippen molar-refractivity contribution in [3.63, 3.8) is 0 Å². The van der Waals surface area contributed by atoms with Crippen molar-refractivity contribution in [1.82, 2.24) is 9.13 Å². The maximum absolute atomic E-state index is 6.22. The minimum absolute atomic E-state index is 0.886. The van der Waals surface area contributed by atoms with Gasteiger partial charge in [0.2, 0.25) is 0 Å². The molecule has 9 aromatic rings. The van der Waals surface area contributed by atoms with Gasteiger partial charge < -0.3 is 13.6 Å². The van der Waals surface area contributed by atoms with Crippen LogP contribution in [0, 0.1) is 0 Å². The van der Waals surface area contributed by atoms with Crippen molar-refractivity contribution < 1.29 is 4.42 Å². The van der Waals surface area contributed by atoms with Crippen LogP contribution in [-0.2, 0) is 0 Å². The predicted octanol–water partition coefficient (Wildman–Crippen LogP) is 10.5. The molecular formula is C36H21BrN2O. The van der Waals surface area contributed by atoms with Gasteiger partial charge in [-0.3, -0.25) is 0 Å². The summed E-state index contributed by atoms with van der Waals surface area (Å²) in [6.45, 7) is 0. The van der Waals surface area contributed by atoms with Crippen molar-refractivity contribution in [3.8, 4) is 11.4 Å². The first-order valence-corrected chi connectivity index (χ1v) is 14.2. The number of hydrogen-bond donors (Lipinski definition) is 0. The number of hydrogen-bond acceptors (Lipinski definition) is 1. The molecule has 6 aromatic carbocycles. The summed E-state index contributed by atoms with van der Waals surface area (Å²) in [4.78, 5) is 0. The molecule has 0 bridgehead atoms. The Morgan fingerprint density at radius 1 is 0.450 bits per heavy atom. The van der Waals surface area contributed by atoms with Crippen LogP contribution in [0.5, 0.6) is 0 Å². The van der Waals surface area contributed by atoms with Gasteiger partial charge in [0.25, 0.3) is 0 Å². The molecule has 40 heavy (non-hydrogen) atoms. The fourth-order valence-electron chi connectivity index (χ4n) is 6.54. The lowest BCUT2D eigenvalue weighted by Gasteiger charge is -2.10. The fraction of sp³-hybridized carbons (Fsp3) is 0. The van der Waals surface area contributed by atoms with Gasteiger partial charge in [-0.15, -0.1) is 0 Å². The molecule has 0 aliphatic rings. The summed E-state index contributed by atoms with van der Waals surface area (Å²) in [5, 5.41) is 7.20. The van der Waals surface area contributed by atoms with Crippen molar-refractivity contribution in [2.45, 2.75) is 0 Å². The molecule has 0 saturated heterocycles. The number of benzene rings is 6. The van der Waals surface area contributed by atoms with E-state index in [-0.39, 0.29) is 0 Å². The Hall–Kier alpha value is -4.80. The Balaban J connectivity index is 1.49. The number of para-hydroxylation sites is 3. The molecule has 0 atom stereocenters. The molecule has 0 N–H and O–H groups in total. The predicted molar refractivity (Wildman–Crippen MR) is 170 cm³/mol. The zero-order chi connectivity index (χ0) is 26.4. The van der Waals surface area contributed by atoms with Crippen LogP contribution in [0.15, 0.2) is 136 Å². The Bertz CT molecular complexity index is 2440. The lowest BCUT2D eigenvalue weighted by Crippen LogP contribution is -1.95. The average Bonchev–Trinajstić information content (AvgIpc) is 3.65. The van der Waals surface area contributed by atoms with E-state index in [1.807, 2.05) is 12.1 Å². The molecule has 9 rings (SSSR count). The largest absolute Gasteiger partial charge is 0.456 e. The first-order chi connectivity index (χ1) is 19.8. The van der Waals surface area contributed by atoms with Gasteiger partial charge in [0.15, 0.2) is 0 Å². The van der Waals surface area contributed by atoms with Gasteiger partial charge in [-0.2, -0.15) is 0 Å². The van der Waals surface area contributed by atoms with Crippen LogP contribution in [0.2, 0.25) is 0 Å². The van der Waals surface area contributed by atoms with E-state index >= 15 is 0 Å². The van der Waals surface area contributed by atoms with Crippen molar-refractivity contribution in [2.75, 3.05) is 0 Å². The van der Waals surface area contributed by atoms with Crippen LogP contribution in [-0.4, -0.2) is 9.13 Å². The van der Waals surface area contributed by atoms with E-state index in [1.54, 1.807) is 0 Å². The smallest absolute Gasteiger partial charge is 0.136 e. The maximum atomic E-state index is 6.22. The van der Waals surface area contributed by atoms with Crippen LogP contribution in [0.1, 0.15) is 0 Å². The molecule has 0 saturated carbocycles. The first-order valence-electron chi connectivity index (χ1n) is 13.4. The minimum atomic E-state index is 0.886. The third-order valence-electron chi connectivity index (χ3n) is 8.17. The lowest BCUT2D eigenvalue weighted by atomic mass is 10.1. The zero-order valence-corrected chi connectivity index (χ0v) is 22.9. The molecule has 188 valence electrons. The van der Waals surface area contributed by atoms with E-state index < -0.39 is 0 Å². The molecule has 0 radical (unpaired) electrons. The minimum Gasteiger partial charge on any atom is -0.456 e. The van der Waals surface area contributed by atoms with E-state index in [1.165, 1.54) is 43.6 Å². The van der Waals surface area contributed by atoms with Gasteiger partial charge in [0.05, 0.1) is 22.1 Å². The van der Waals surface area contributed by atoms with Crippen LogP contribution in [0.4, 0.5) is 0 Å². The average molecular weight is 577 g/mol. The van der Waals surface area contributed by atoms with Gasteiger partial charge in [0.1, 0.15) is 11.2 Å². The molecule has 0 aliphatic carbocycles. The summed E-state index contributed by atoms with van der Waals surface area (Å²) >= 11 is 3.77. The van der Waals surface area contributed by atoms with Gasteiger partial charge >= 0.3 is 0 Å². The second-order valence-corrected chi connectivity index (χ2v) is 11.1. The number of furan rings is 1. The highest BCUT2D eigenvalue weighted by Gasteiger charge is 2.21. The van der Waals surface area contributed by atoms with Crippen LogP contribution in [0.25, 0.3) is 76.9 Å². The van der Waals surface area contributed by atoms with Gasteiger partial charge in [0, 0.05) is 48.2 Å². The first kappa shape index (κ1) is 22.1. The number of halogens is 1. The fourth-order valence-corrected chi connectivity index (χ4v) is 7.10. The van der Waals surface area contributed by atoms with E-state index in [0.717, 1.165) is 37.8 Å². The molecule has 0 unspecified atom stereocenters. The van der Waals surface area contributed by atoms with Gasteiger partial charge in [-0.05, 0) is 60.7 Å². The van der Waals surface area contributed by atoms with Crippen LogP contribution in [0.3, 0.4) is 0 Å². The van der Waals surface area contributed by atoms with Crippen molar-refractivity contribution in [2.24, 2.45) is 0 Å². The number of fused-ring (bicyclic) bond motifs is 10. The maximum Gasteiger partial charge on any atom is 0.136 e. The summed E-state index contributed by atoms with van der Waals surface area (Å²) in [6, 6.07) is 45.4. The normalized spacial score (nSPS) is 12.1. The second kappa shape index (κ2) is 8.10. The molecule has 0 aliphatic heterocycles. The topological polar surface area (TPSA) is 23.0 Å². The third-order valence-corrected chi connectivity index (χ3v) is 8.83. The SMILES string of the molecule is Brc1cccc2oc3ccc(-n4c5ccccc5c5ccc6c(c7ccccc7n6-c6ccccc6)c54)cc3c12. The van der Waals surface area contributed by atoms with Crippen LogP contribution < -0.4 is 0 Å². The van der Waals surface area contributed by atoms with Crippen molar-refractivity contribution >= 4 is 81.5 Å². The van der Waals surface area contributed by atoms with Crippen molar-refractivity contribution in [1.29, 1.82) is 0 Å². The molecular weight excluding hydrogens is 556 g/mol. The van der Waals surface area contributed by atoms with E-state index in [4.69, 9.17) is 4.42 Å². The molecule has 3 heterocycles. The van der Waals surface area contributed by atoms with E-state index in [0.29, 0.717) is 0 Å². The summed E-state index contributed by atoms with van der Waals surface area (Å²) in [7, 11) is 0. The number of rotatable bonds is 2. The monoisotopic (exact) mass is 576 g/mol. The highest BCUT2D eigenvalue weighted by atomic mass is 79.9. The quantitative estimate of drug-likeness (QED) is 0.200. The second-order valence-electron chi connectivity index (χ2n) is 10.3. The highest BCUT2D eigenvalue weighted by Crippen LogP contribution is 2.43. The molecule has 0 spiro atoms. The van der Waals surface area contributed by atoms with Gasteiger partial charge in [-0.25, -0.2) is 0 Å². The Labute approximate surface area is 237 Å². The lowest BCUT2D eigenvalue weighted by molar-refractivity contribution is 0.669. The zero-order valence-electron chi connectivity index (χ0n) is 21.3. The summed E-state index contributed by atoms with van der Waals surface area (Å²) in [6.07, 6.45) is 0. The third kappa shape index (κ3) is 2.89. The Morgan fingerprint density at radius 2 is 1.20 bits per heavy atom. The number of nitrogens with zero attached hydrogens (tertiary/aromatic N) is 2. The molecule has 0 fully saturated rings. The summed E-state index contributed by atoms with van der Waals surface area (Å²) in [5.41, 5.74) is 8.85. The van der Waals surface area contributed by atoms with E-state index in [9.17, 15) is 0 Å². The Kier molecular flexibility index (Phi) is 4.47. The number of aromatic nitrogens is 2. The summed E-state index contributed by atoms with van der Waals surface area (Å²) in [5.74, 6) is 0. The summed E-state index contributed by atoms with van der Waals surface area (Å²) < 4.78 is 12.1. The van der Waals surface area contributed by atoms with Gasteiger partial charge in [-0.1, -0.05) is 82.7 Å². The van der Waals surface area contributed by atoms with E-state index in [2.05, 4.69) is 140 Å². The Morgan fingerprint density at radius 3 is 2.05 bits per heavy atom. The molecule has 3 nitrogen and oxygen atoms in total. The standard InChI is InChI=1S/C36H21BrN2O/c37-28-13-8-16-33-34(28)27-21-23(17-20-32(27)40-33)39-29-14-6-4-11-24(29)25-18-19-31-35(36(25)39)26-12-5-7-15-30(26)38(31)22-9-2-1-3-10-22/h1-21H. The highest BCUT2D eigenvalue weighted by molar-refractivity contribution is 9.10. The molecule has 0 amide bonds. The van der Waals surface area contributed by atoms with Crippen molar-refractivity contribution in [3.05, 3.63) is 132 Å². The van der Waals surface area contributed by atoms with Crippen LogP contribution >= 0.6 is 15.9 Å². The molecule has 4 heteroatoms.